The summed E-state index contributed by atoms with van der Waals surface area (Å²) in [6.45, 7) is 0. The Bertz CT molecular complexity index is 1300. The predicted molar refractivity (Wildman–Crippen MR) is 126 cm³/mol. The topological polar surface area (TPSA) is 109 Å². The number of nitrogens with zero attached hydrogens (tertiary/aromatic N) is 2. The second-order valence-corrected chi connectivity index (χ2v) is 9.46. The Morgan fingerprint density at radius 2 is 1.52 bits per heavy atom. The summed E-state index contributed by atoms with van der Waals surface area (Å²) >= 11 is 7.40. The number of hydrogen-bond donors (Lipinski definition) is 2. The van der Waals surface area contributed by atoms with E-state index >= 15 is 0 Å². The average Bonchev–Trinajstić information content (AvgIpc) is 3.33. The first-order chi connectivity index (χ1) is 15.8. The Morgan fingerprint density at radius 1 is 0.909 bits per heavy atom. The van der Waals surface area contributed by atoms with E-state index in [2.05, 4.69) is 4.98 Å². The number of amides is 1. The summed E-state index contributed by atoms with van der Waals surface area (Å²) in [5, 5.41) is 1.88. The summed E-state index contributed by atoms with van der Waals surface area (Å²) in [5.41, 5.74) is 0.190. The molecule has 0 aliphatic carbocycles. The number of halogens is 1. The number of carbonyl (C=O) groups is 1. The standard InChI is InChI=1S/C22H16ClN2O6PS/c23-25(22-24-10-11-33-22)21(26)15-12-18(30-16-4-2-1-3-5-16)14-19(13-15)31-17-6-8-20(9-7-17)32(27,28)29/h1-14H,(H2,27,28,29). The van der Waals surface area contributed by atoms with Crippen LogP contribution in [0.1, 0.15) is 10.4 Å². The van der Waals surface area contributed by atoms with Crippen LogP contribution in [0.25, 0.3) is 0 Å². The number of para-hydroxylation sites is 1. The van der Waals surface area contributed by atoms with E-state index in [1.807, 2.05) is 18.2 Å². The summed E-state index contributed by atoms with van der Waals surface area (Å²) in [6, 6.07) is 19.0. The molecule has 0 aliphatic rings. The van der Waals surface area contributed by atoms with Gasteiger partial charge in [-0.1, -0.05) is 18.2 Å². The molecule has 3 aromatic carbocycles. The summed E-state index contributed by atoms with van der Waals surface area (Å²) in [6.07, 6.45) is 1.54. The molecule has 1 heterocycles. The van der Waals surface area contributed by atoms with E-state index in [4.69, 9.17) is 21.3 Å². The van der Waals surface area contributed by atoms with Crippen molar-refractivity contribution in [1.29, 1.82) is 0 Å². The molecule has 33 heavy (non-hydrogen) atoms. The molecule has 0 atom stereocenters. The first kappa shape index (κ1) is 23.0. The van der Waals surface area contributed by atoms with Gasteiger partial charge in [0.15, 0.2) is 0 Å². The average molecular weight is 503 g/mol. The van der Waals surface area contributed by atoms with Crippen LogP contribution in [0.15, 0.2) is 84.4 Å². The molecule has 2 N–H and O–H groups in total. The minimum absolute atomic E-state index is 0.131. The fourth-order valence-electron chi connectivity index (χ4n) is 2.80. The highest BCUT2D eigenvalue weighted by molar-refractivity contribution is 7.60. The molecule has 1 aromatic heterocycles. The van der Waals surface area contributed by atoms with E-state index in [9.17, 15) is 19.1 Å². The molecule has 8 nitrogen and oxygen atoms in total. The zero-order valence-corrected chi connectivity index (χ0v) is 19.2. The van der Waals surface area contributed by atoms with Crippen molar-refractivity contribution in [1.82, 2.24) is 4.98 Å². The summed E-state index contributed by atoms with van der Waals surface area (Å²) in [5.74, 6) is 0.927. The van der Waals surface area contributed by atoms with Crippen LogP contribution >= 0.6 is 30.7 Å². The number of anilines is 1. The summed E-state index contributed by atoms with van der Waals surface area (Å²) < 4.78 is 24.0. The Hall–Kier alpha value is -3.20. The summed E-state index contributed by atoms with van der Waals surface area (Å²) in [4.78, 5) is 35.5. The SMILES string of the molecule is O=C(c1cc(Oc2ccccc2)cc(Oc2ccc(P(=O)(O)O)cc2)c1)N(Cl)c1nccs1. The van der Waals surface area contributed by atoms with Crippen LogP contribution in [0.3, 0.4) is 0 Å². The lowest BCUT2D eigenvalue weighted by Gasteiger charge is -2.14. The van der Waals surface area contributed by atoms with E-state index in [1.54, 1.807) is 23.6 Å². The van der Waals surface area contributed by atoms with Gasteiger partial charge >= 0.3 is 7.60 Å². The van der Waals surface area contributed by atoms with Gasteiger partial charge in [0.1, 0.15) is 23.0 Å². The monoisotopic (exact) mass is 502 g/mol. The molecule has 0 unspecified atom stereocenters. The van der Waals surface area contributed by atoms with E-state index in [1.165, 1.54) is 53.9 Å². The number of rotatable bonds is 7. The molecule has 168 valence electrons. The third kappa shape index (κ3) is 5.78. The molecule has 0 saturated carbocycles. The molecule has 11 heteroatoms. The van der Waals surface area contributed by atoms with Crippen LogP contribution in [-0.2, 0) is 4.57 Å². The zero-order chi connectivity index (χ0) is 23.4. The largest absolute Gasteiger partial charge is 0.457 e. The van der Waals surface area contributed by atoms with Crippen LogP contribution in [0.5, 0.6) is 23.0 Å². The van der Waals surface area contributed by atoms with Crippen molar-refractivity contribution in [3.8, 4) is 23.0 Å². The highest BCUT2D eigenvalue weighted by Gasteiger charge is 2.21. The van der Waals surface area contributed by atoms with Gasteiger partial charge in [-0.25, -0.2) is 4.98 Å². The van der Waals surface area contributed by atoms with Crippen LogP contribution in [0, 0.1) is 0 Å². The van der Waals surface area contributed by atoms with Gasteiger partial charge in [-0.3, -0.25) is 9.36 Å². The maximum atomic E-state index is 13.0. The summed E-state index contributed by atoms with van der Waals surface area (Å²) in [7, 11) is -4.37. The van der Waals surface area contributed by atoms with Gasteiger partial charge in [-0.05, 0) is 48.5 Å². The smallest absolute Gasteiger partial charge is 0.356 e. The van der Waals surface area contributed by atoms with Gasteiger partial charge < -0.3 is 19.3 Å². The van der Waals surface area contributed by atoms with Crippen molar-refractivity contribution in [2.24, 2.45) is 0 Å². The lowest BCUT2D eigenvalue weighted by atomic mass is 10.2. The molecule has 0 fully saturated rings. The molecule has 1 amide bonds. The third-order valence-corrected chi connectivity index (χ3v) is 6.42. The predicted octanol–water partition coefficient (Wildman–Crippen LogP) is 5.33. The third-order valence-electron chi connectivity index (χ3n) is 4.28. The van der Waals surface area contributed by atoms with Gasteiger partial charge in [0.05, 0.1) is 5.30 Å². The normalized spacial score (nSPS) is 11.1. The Kier molecular flexibility index (Phi) is 6.78. The van der Waals surface area contributed by atoms with Crippen molar-refractivity contribution in [3.05, 3.63) is 89.9 Å². The molecule has 0 bridgehead atoms. The molecule has 4 aromatic rings. The Balaban J connectivity index is 1.66. The molecule has 4 rings (SSSR count). The lowest BCUT2D eigenvalue weighted by Crippen LogP contribution is -2.20. The molecule has 0 aliphatic heterocycles. The molecule has 0 saturated heterocycles. The number of benzene rings is 3. The van der Waals surface area contributed by atoms with E-state index in [0.717, 1.165) is 4.42 Å². The Labute approximate surface area is 197 Å². The second-order valence-electron chi connectivity index (χ2n) is 6.65. The molecular formula is C22H16ClN2O6PS. The van der Waals surface area contributed by atoms with E-state index in [-0.39, 0.29) is 16.6 Å². The molecule has 0 spiro atoms. The highest BCUT2D eigenvalue weighted by atomic mass is 35.5. The number of ether oxygens (including phenoxy) is 2. The van der Waals surface area contributed by atoms with Crippen molar-refractivity contribution < 1.29 is 28.6 Å². The van der Waals surface area contributed by atoms with Crippen LogP contribution in [-0.4, -0.2) is 20.7 Å². The zero-order valence-electron chi connectivity index (χ0n) is 16.7. The molecule has 0 radical (unpaired) electrons. The van der Waals surface area contributed by atoms with Crippen LogP contribution in [0.4, 0.5) is 5.13 Å². The van der Waals surface area contributed by atoms with Gasteiger partial charge in [-0.2, -0.15) is 4.42 Å². The Morgan fingerprint density at radius 3 is 2.06 bits per heavy atom. The fourth-order valence-corrected chi connectivity index (χ4v) is 4.13. The van der Waals surface area contributed by atoms with Crippen molar-refractivity contribution in [2.45, 2.75) is 0 Å². The van der Waals surface area contributed by atoms with Gasteiger partial charge in [0, 0.05) is 35.0 Å². The number of hydrogen-bond acceptors (Lipinski definition) is 6. The van der Waals surface area contributed by atoms with Gasteiger partial charge in [-0.15, -0.1) is 11.3 Å². The van der Waals surface area contributed by atoms with Gasteiger partial charge in [0.25, 0.3) is 5.91 Å². The second kappa shape index (κ2) is 9.74. The van der Waals surface area contributed by atoms with E-state index < -0.39 is 13.5 Å². The number of carbonyl (C=O) groups excluding carboxylic acids is 1. The maximum Gasteiger partial charge on any atom is 0.356 e. The first-order valence-electron chi connectivity index (χ1n) is 9.41. The van der Waals surface area contributed by atoms with Crippen molar-refractivity contribution in [2.75, 3.05) is 4.42 Å². The van der Waals surface area contributed by atoms with E-state index in [0.29, 0.717) is 22.4 Å². The fraction of sp³-hybridized carbons (Fsp3) is 0. The van der Waals surface area contributed by atoms with Crippen molar-refractivity contribution in [3.63, 3.8) is 0 Å². The van der Waals surface area contributed by atoms with Crippen LogP contribution < -0.4 is 19.2 Å². The maximum absolute atomic E-state index is 13.0. The number of aromatic nitrogens is 1. The number of thiazole rings is 1. The van der Waals surface area contributed by atoms with Gasteiger partial charge in [0.2, 0.25) is 5.13 Å². The minimum Gasteiger partial charge on any atom is -0.457 e. The minimum atomic E-state index is -4.37. The van der Waals surface area contributed by atoms with Crippen molar-refractivity contribution >= 4 is 47.1 Å². The highest BCUT2D eigenvalue weighted by Crippen LogP contribution is 2.35. The lowest BCUT2D eigenvalue weighted by molar-refractivity contribution is 0.100. The van der Waals surface area contributed by atoms with Crippen LogP contribution in [0.2, 0.25) is 0 Å². The molecular weight excluding hydrogens is 487 g/mol. The quantitative estimate of drug-likeness (QED) is 0.259. The first-order valence-corrected chi connectivity index (χ1v) is 12.2.